The van der Waals surface area contributed by atoms with Crippen LogP contribution in [0.15, 0.2) is 0 Å². The Morgan fingerprint density at radius 2 is 2.50 bits per heavy atom. The van der Waals surface area contributed by atoms with E-state index in [1.807, 2.05) is 6.92 Å². The van der Waals surface area contributed by atoms with Crippen LogP contribution in [0.1, 0.15) is 13.3 Å². The van der Waals surface area contributed by atoms with Gasteiger partial charge >= 0.3 is 0 Å². The lowest BCUT2D eigenvalue weighted by Gasteiger charge is -2.00. The number of hydrogen-bond acceptors (Lipinski definition) is 3. The highest BCUT2D eigenvalue weighted by atomic mass is 32.2. The first-order valence-corrected chi connectivity index (χ1v) is 4.64. The molecule has 1 N–H and O–H groups in total. The minimum atomic E-state index is -1.52. The van der Waals surface area contributed by atoms with E-state index < -0.39 is 11.3 Å². The SMILES string of the molecule is CCCOS(=O)NC(=S)S. The molecular weight excluding hydrogens is 190 g/mol. The first-order valence-electron chi connectivity index (χ1n) is 2.71. The number of thiocarbonyl (C=S) groups is 1. The maximum absolute atomic E-state index is 10.7. The van der Waals surface area contributed by atoms with E-state index >= 15 is 0 Å². The van der Waals surface area contributed by atoms with Crippen molar-refractivity contribution in [3.05, 3.63) is 0 Å². The molecule has 0 spiro atoms. The average molecular weight is 199 g/mol. The molecule has 0 aliphatic rings. The first-order chi connectivity index (χ1) is 4.66. The van der Waals surface area contributed by atoms with E-state index in [4.69, 9.17) is 4.18 Å². The number of thiol groups is 1. The van der Waals surface area contributed by atoms with E-state index in [1.165, 1.54) is 0 Å². The summed E-state index contributed by atoms with van der Waals surface area (Å²) in [5.41, 5.74) is 0. The average Bonchev–Trinajstić information content (AvgIpc) is 1.82. The lowest BCUT2D eigenvalue weighted by molar-refractivity contribution is 0.345. The summed E-state index contributed by atoms with van der Waals surface area (Å²) >= 11 is 6.69. The summed E-state index contributed by atoms with van der Waals surface area (Å²) in [6.07, 6.45) is 0.826. The lowest BCUT2D eigenvalue weighted by atomic mass is 10.5. The van der Waals surface area contributed by atoms with Crippen LogP contribution < -0.4 is 4.72 Å². The predicted molar refractivity (Wildman–Crippen MR) is 49.1 cm³/mol. The molecule has 0 saturated heterocycles. The minimum Gasteiger partial charge on any atom is -0.274 e. The molecule has 0 amide bonds. The van der Waals surface area contributed by atoms with E-state index in [9.17, 15) is 4.21 Å². The van der Waals surface area contributed by atoms with Crippen LogP contribution in [0.4, 0.5) is 0 Å². The fourth-order valence-corrected chi connectivity index (χ4v) is 1.21. The molecule has 0 bridgehead atoms. The van der Waals surface area contributed by atoms with Crippen LogP contribution in [0, 0.1) is 0 Å². The maximum atomic E-state index is 10.7. The van der Waals surface area contributed by atoms with Gasteiger partial charge in [0.2, 0.25) is 0 Å². The van der Waals surface area contributed by atoms with Gasteiger partial charge in [0.1, 0.15) is 4.32 Å². The van der Waals surface area contributed by atoms with E-state index in [-0.39, 0.29) is 4.32 Å². The largest absolute Gasteiger partial charge is 0.274 e. The summed E-state index contributed by atoms with van der Waals surface area (Å²) in [4.78, 5) is 0. The van der Waals surface area contributed by atoms with E-state index in [0.717, 1.165) is 6.42 Å². The Bertz CT molecular complexity index is 138. The summed E-state index contributed by atoms with van der Waals surface area (Å²) in [6, 6.07) is 0. The van der Waals surface area contributed by atoms with Gasteiger partial charge in [0.05, 0.1) is 6.61 Å². The van der Waals surface area contributed by atoms with Crippen molar-refractivity contribution in [3.8, 4) is 0 Å². The molecule has 0 aromatic heterocycles. The lowest BCUT2D eigenvalue weighted by Crippen LogP contribution is -2.21. The van der Waals surface area contributed by atoms with Crippen molar-refractivity contribution in [2.45, 2.75) is 13.3 Å². The Morgan fingerprint density at radius 3 is 2.90 bits per heavy atom. The van der Waals surface area contributed by atoms with Gasteiger partial charge in [-0.3, -0.25) is 8.91 Å². The molecule has 0 rings (SSSR count). The van der Waals surface area contributed by atoms with E-state index in [1.54, 1.807) is 0 Å². The summed E-state index contributed by atoms with van der Waals surface area (Å²) < 4.78 is 17.9. The molecule has 0 radical (unpaired) electrons. The second-order valence-corrected chi connectivity index (χ2v) is 3.53. The van der Waals surface area contributed by atoms with Gasteiger partial charge in [-0.1, -0.05) is 19.1 Å². The van der Waals surface area contributed by atoms with E-state index in [2.05, 4.69) is 29.6 Å². The molecule has 0 heterocycles. The Kier molecular flexibility index (Phi) is 6.30. The Balaban J connectivity index is 3.35. The number of rotatable bonds is 4. The normalized spacial score (nSPS) is 12.6. The highest BCUT2D eigenvalue weighted by Gasteiger charge is 1.97. The number of nitrogens with one attached hydrogen (secondary N) is 1. The summed E-state index contributed by atoms with van der Waals surface area (Å²) in [5, 5.41) is 0. The van der Waals surface area contributed by atoms with Crippen LogP contribution in [-0.2, 0) is 15.4 Å². The van der Waals surface area contributed by atoms with Crippen LogP contribution in [0.5, 0.6) is 0 Å². The fourth-order valence-electron chi connectivity index (χ4n) is 0.260. The molecule has 0 fully saturated rings. The highest BCUT2D eigenvalue weighted by molar-refractivity contribution is 8.12. The Morgan fingerprint density at radius 1 is 1.90 bits per heavy atom. The molecule has 3 nitrogen and oxygen atoms in total. The Labute approximate surface area is 73.7 Å². The molecular formula is C4H9NO2S3. The van der Waals surface area contributed by atoms with Crippen LogP contribution in [-0.4, -0.2) is 15.1 Å². The zero-order chi connectivity index (χ0) is 7.98. The monoisotopic (exact) mass is 199 g/mol. The zero-order valence-corrected chi connectivity index (χ0v) is 8.02. The second kappa shape index (κ2) is 6.09. The molecule has 0 aromatic carbocycles. The molecule has 0 aliphatic carbocycles. The molecule has 1 unspecified atom stereocenters. The quantitative estimate of drug-likeness (QED) is 0.519. The maximum Gasteiger partial charge on any atom is 0.262 e. The van der Waals surface area contributed by atoms with Crippen LogP contribution in [0.25, 0.3) is 0 Å². The van der Waals surface area contributed by atoms with Crippen LogP contribution >= 0.6 is 24.8 Å². The Hall–Kier alpha value is 0.350. The van der Waals surface area contributed by atoms with Crippen LogP contribution in [0.3, 0.4) is 0 Å². The predicted octanol–water partition coefficient (Wildman–Crippen LogP) is 0.796. The van der Waals surface area contributed by atoms with Crippen LogP contribution in [0.2, 0.25) is 0 Å². The van der Waals surface area contributed by atoms with Crippen molar-refractivity contribution in [3.63, 3.8) is 0 Å². The summed E-state index contributed by atoms with van der Waals surface area (Å²) in [7, 11) is 0. The topological polar surface area (TPSA) is 38.3 Å². The molecule has 6 heteroatoms. The standard InChI is InChI=1S/C4H9NO2S3/c1-2-3-7-10(6)5-4(8)9/h2-3H2,1H3,(H2,5,8,9). The van der Waals surface area contributed by atoms with Crippen molar-refractivity contribution in [1.82, 2.24) is 4.72 Å². The van der Waals surface area contributed by atoms with Gasteiger partial charge in [-0.2, -0.15) is 0 Å². The first kappa shape index (κ1) is 10.3. The van der Waals surface area contributed by atoms with Gasteiger partial charge in [-0.15, -0.1) is 12.6 Å². The van der Waals surface area contributed by atoms with Gasteiger partial charge < -0.3 is 0 Å². The minimum absolute atomic E-state index is 0.175. The van der Waals surface area contributed by atoms with Crippen molar-refractivity contribution < 1.29 is 8.39 Å². The zero-order valence-electron chi connectivity index (χ0n) is 5.49. The summed E-state index contributed by atoms with van der Waals surface area (Å²) in [5.74, 6) is 0. The van der Waals surface area contributed by atoms with Crippen molar-refractivity contribution >= 4 is 40.4 Å². The van der Waals surface area contributed by atoms with Crippen molar-refractivity contribution in [2.24, 2.45) is 0 Å². The third kappa shape index (κ3) is 6.47. The van der Waals surface area contributed by atoms with Gasteiger partial charge in [-0.05, 0) is 6.42 Å². The second-order valence-electron chi connectivity index (χ2n) is 1.46. The molecule has 1 atom stereocenters. The van der Waals surface area contributed by atoms with E-state index in [0.29, 0.717) is 6.61 Å². The van der Waals surface area contributed by atoms with Gasteiger partial charge in [0, 0.05) is 0 Å². The third-order valence-electron chi connectivity index (χ3n) is 0.565. The molecule has 10 heavy (non-hydrogen) atoms. The molecule has 60 valence electrons. The number of hydrogen-bond donors (Lipinski definition) is 2. The third-order valence-corrected chi connectivity index (χ3v) is 1.81. The molecule has 0 aromatic rings. The highest BCUT2D eigenvalue weighted by Crippen LogP contribution is 1.86. The van der Waals surface area contributed by atoms with Gasteiger partial charge in [-0.25, -0.2) is 4.21 Å². The van der Waals surface area contributed by atoms with Crippen molar-refractivity contribution in [1.29, 1.82) is 0 Å². The van der Waals surface area contributed by atoms with Crippen molar-refractivity contribution in [2.75, 3.05) is 6.61 Å². The fraction of sp³-hybridized carbons (Fsp3) is 0.750. The summed E-state index contributed by atoms with van der Waals surface area (Å²) in [6.45, 7) is 2.38. The molecule has 0 saturated carbocycles. The smallest absolute Gasteiger partial charge is 0.262 e. The van der Waals surface area contributed by atoms with Gasteiger partial charge in [0.15, 0.2) is 0 Å². The van der Waals surface area contributed by atoms with Gasteiger partial charge in [0.25, 0.3) is 11.3 Å². The molecule has 0 aliphatic heterocycles.